The fourth-order valence-electron chi connectivity index (χ4n) is 4.70. The van der Waals surface area contributed by atoms with Gasteiger partial charge in [0.15, 0.2) is 0 Å². The first kappa shape index (κ1) is 17.0. The number of aryl methyl sites for hydroxylation is 1. The van der Waals surface area contributed by atoms with Crippen LogP contribution < -0.4 is 0 Å². The van der Waals surface area contributed by atoms with E-state index in [2.05, 4.69) is 10.00 Å². The molecule has 3 aliphatic heterocycles. The van der Waals surface area contributed by atoms with E-state index in [-0.39, 0.29) is 11.5 Å². The summed E-state index contributed by atoms with van der Waals surface area (Å²) in [5.41, 5.74) is 0.558. The maximum Gasteiger partial charge on any atom is 0.274 e. The zero-order chi connectivity index (χ0) is 17.3. The van der Waals surface area contributed by atoms with Gasteiger partial charge in [-0.3, -0.25) is 9.48 Å². The van der Waals surface area contributed by atoms with Crippen molar-refractivity contribution in [3.63, 3.8) is 0 Å². The lowest BCUT2D eigenvalue weighted by Gasteiger charge is -2.47. The molecule has 4 rings (SSSR count). The van der Waals surface area contributed by atoms with Crippen molar-refractivity contribution in [3.8, 4) is 0 Å². The molecule has 3 fully saturated rings. The van der Waals surface area contributed by atoms with E-state index >= 15 is 0 Å². The van der Waals surface area contributed by atoms with E-state index in [1.165, 1.54) is 32.4 Å². The molecule has 0 saturated carbocycles. The number of piperidine rings is 1. The number of likely N-dealkylation sites (tertiary alicyclic amines) is 2. The van der Waals surface area contributed by atoms with Crippen LogP contribution in [0.5, 0.6) is 0 Å². The number of aromatic nitrogens is 2. The van der Waals surface area contributed by atoms with E-state index in [0.717, 1.165) is 45.5 Å². The number of rotatable bonds is 3. The number of hydrogen-bond acceptors (Lipinski definition) is 4. The topological polar surface area (TPSA) is 50.6 Å². The molecular weight excluding hydrogens is 316 g/mol. The number of hydrogen-bond donors (Lipinski definition) is 0. The molecule has 0 N–H and O–H groups in total. The van der Waals surface area contributed by atoms with Gasteiger partial charge in [-0.2, -0.15) is 5.10 Å². The van der Waals surface area contributed by atoms with Gasteiger partial charge in [0, 0.05) is 38.5 Å². The Labute approximate surface area is 150 Å². The molecule has 25 heavy (non-hydrogen) atoms. The standard InChI is InChI=1S/C19H30N4O2/c1-2-23-11-5-17(20-23)18(24)22-12-7-19(8-13-22)15-16(6-14-25-19)21-9-3-4-10-21/h5,11,16H,2-4,6-10,12-15H2,1H3. The summed E-state index contributed by atoms with van der Waals surface area (Å²) in [5, 5.41) is 4.36. The zero-order valence-electron chi connectivity index (χ0n) is 15.3. The summed E-state index contributed by atoms with van der Waals surface area (Å²) in [5.74, 6) is 0.0638. The van der Waals surface area contributed by atoms with Crippen molar-refractivity contribution in [3.05, 3.63) is 18.0 Å². The fourth-order valence-corrected chi connectivity index (χ4v) is 4.70. The second-order valence-corrected chi connectivity index (χ2v) is 7.77. The van der Waals surface area contributed by atoms with Crippen LogP contribution in [-0.2, 0) is 11.3 Å². The molecule has 0 aliphatic carbocycles. The van der Waals surface area contributed by atoms with Crippen molar-refractivity contribution in [1.29, 1.82) is 0 Å². The molecule has 4 heterocycles. The lowest BCUT2D eigenvalue weighted by atomic mass is 9.82. The SMILES string of the molecule is CCn1ccc(C(=O)N2CCC3(CC2)CC(N2CCCC2)CCO3)n1. The Bertz CT molecular complexity index is 600. The predicted octanol–water partition coefficient (Wildman–Crippen LogP) is 2.15. The molecule has 6 nitrogen and oxygen atoms in total. The minimum atomic E-state index is -0.00886. The molecule has 0 radical (unpaired) electrons. The van der Waals surface area contributed by atoms with E-state index in [1.54, 1.807) is 0 Å². The summed E-state index contributed by atoms with van der Waals surface area (Å²) in [6.07, 6.45) is 8.78. The first-order valence-electron chi connectivity index (χ1n) is 9.90. The lowest BCUT2D eigenvalue weighted by molar-refractivity contribution is -0.128. The van der Waals surface area contributed by atoms with Gasteiger partial charge in [0.1, 0.15) is 5.69 Å². The van der Waals surface area contributed by atoms with Crippen molar-refractivity contribution < 1.29 is 9.53 Å². The first-order chi connectivity index (χ1) is 12.2. The van der Waals surface area contributed by atoms with Crippen LogP contribution in [-0.4, -0.2) is 69.9 Å². The highest BCUT2D eigenvalue weighted by Gasteiger charge is 2.43. The van der Waals surface area contributed by atoms with Crippen molar-refractivity contribution in [2.45, 2.75) is 63.6 Å². The van der Waals surface area contributed by atoms with Gasteiger partial charge in [0.25, 0.3) is 5.91 Å². The van der Waals surface area contributed by atoms with E-state index in [1.807, 2.05) is 28.8 Å². The maximum atomic E-state index is 12.7. The van der Waals surface area contributed by atoms with Crippen LogP contribution in [0.1, 0.15) is 55.9 Å². The smallest absolute Gasteiger partial charge is 0.274 e. The highest BCUT2D eigenvalue weighted by Crippen LogP contribution is 2.37. The van der Waals surface area contributed by atoms with Crippen LogP contribution in [0.25, 0.3) is 0 Å². The van der Waals surface area contributed by atoms with Crippen LogP contribution >= 0.6 is 0 Å². The summed E-state index contributed by atoms with van der Waals surface area (Å²) >= 11 is 0. The molecule has 3 aliphatic rings. The monoisotopic (exact) mass is 346 g/mol. The molecular formula is C19H30N4O2. The molecule has 1 amide bonds. The largest absolute Gasteiger partial charge is 0.375 e. The van der Waals surface area contributed by atoms with Gasteiger partial charge in [-0.15, -0.1) is 0 Å². The minimum Gasteiger partial charge on any atom is -0.375 e. The molecule has 1 atom stereocenters. The molecule has 0 aromatic carbocycles. The zero-order valence-corrected chi connectivity index (χ0v) is 15.3. The average molecular weight is 346 g/mol. The second-order valence-electron chi connectivity index (χ2n) is 7.77. The Morgan fingerprint density at radius 2 is 2.04 bits per heavy atom. The average Bonchev–Trinajstić information content (AvgIpc) is 3.34. The van der Waals surface area contributed by atoms with Crippen LogP contribution in [0.2, 0.25) is 0 Å². The van der Waals surface area contributed by atoms with E-state index in [0.29, 0.717) is 11.7 Å². The summed E-state index contributed by atoms with van der Waals surface area (Å²) < 4.78 is 8.08. The number of carbonyl (C=O) groups excluding carboxylic acids is 1. The third-order valence-corrected chi connectivity index (χ3v) is 6.27. The first-order valence-corrected chi connectivity index (χ1v) is 9.90. The van der Waals surface area contributed by atoms with Gasteiger partial charge in [-0.05, 0) is 64.6 Å². The summed E-state index contributed by atoms with van der Waals surface area (Å²) in [6, 6.07) is 2.51. The number of carbonyl (C=O) groups is 1. The number of amides is 1. The summed E-state index contributed by atoms with van der Waals surface area (Å²) in [6.45, 7) is 7.77. The van der Waals surface area contributed by atoms with Crippen molar-refractivity contribution >= 4 is 5.91 Å². The summed E-state index contributed by atoms with van der Waals surface area (Å²) in [4.78, 5) is 17.3. The van der Waals surface area contributed by atoms with Gasteiger partial charge in [-0.1, -0.05) is 0 Å². The van der Waals surface area contributed by atoms with Crippen molar-refractivity contribution in [1.82, 2.24) is 19.6 Å². The molecule has 6 heteroatoms. The van der Waals surface area contributed by atoms with Crippen molar-refractivity contribution in [2.24, 2.45) is 0 Å². The number of nitrogens with zero attached hydrogens (tertiary/aromatic N) is 4. The Morgan fingerprint density at radius 3 is 2.72 bits per heavy atom. The van der Waals surface area contributed by atoms with Crippen LogP contribution in [0, 0.1) is 0 Å². The van der Waals surface area contributed by atoms with Gasteiger partial charge in [0.2, 0.25) is 0 Å². The maximum absolute atomic E-state index is 12.7. The van der Waals surface area contributed by atoms with Gasteiger partial charge < -0.3 is 14.5 Å². The van der Waals surface area contributed by atoms with Crippen molar-refractivity contribution in [2.75, 3.05) is 32.8 Å². The van der Waals surface area contributed by atoms with Gasteiger partial charge >= 0.3 is 0 Å². The Balaban J connectivity index is 1.36. The minimum absolute atomic E-state index is 0.00886. The lowest BCUT2D eigenvalue weighted by Crippen LogP contribution is -2.54. The molecule has 1 aromatic heterocycles. The predicted molar refractivity (Wildman–Crippen MR) is 95.6 cm³/mol. The molecule has 1 aromatic rings. The summed E-state index contributed by atoms with van der Waals surface area (Å²) in [7, 11) is 0. The molecule has 138 valence electrons. The van der Waals surface area contributed by atoms with E-state index in [9.17, 15) is 4.79 Å². The van der Waals surface area contributed by atoms with Crippen LogP contribution in [0.4, 0.5) is 0 Å². The van der Waals surface area contributed by atoms with Crippen LogP contribution in [0.15, 0.2) is 12.3 Å². The van der Waals surface area contributed by atoms with Gasteiger partial charge in [0.05, 0.1) is 5.60 Å². The van der Waals surface area contributed by atoms with Crippen LogP contribution in [0.3, 0.4) is 0 Å². The molecule has 1 spiro atoms. The normalized spacial score (nSPS) is 27.1. The third kappa shape index (κ3) is 3.47. The van der Waals surface area contributed by atoms with Gasteiger partial charge in [-0.25, -0.2) is 0 Å². The highest BCUT2D eigenvalue weighted by molar-refractivity contribution is 5.92. The third-order valence-electron chi connectivity index (χ3n) is 6.27. The van der Waals surface area contributed by atoms with E-state index < -0.39 is 0 Å². The second kappa shape index (κ2) is 7.08. The molecule has 0 bridgehead atoms. The quantitative estimate of drug-likeness (QED) is 0.841. The highest BCUT2D eigenvalue weighted by atomic mass is 16.5. The number of ether oxygens (including phenoxy) is 1. The Morgan fingerprint density at radius 1 is 1.28 bits per heavy atom. The Hall–Kier alpha value is -1.40. The van der Waals surface area contributed by atoms with E-state index in [4.69, 9.17) is 4.74 Å². The Kier molecular flexibility index (Phi) is 4.82. The molecule has 1 unspecified atom stereocenters. The molecule has 3 saturated heterocycles. The fraction of sp³-hybridized carbons (Fsp3) is 0.789.